The van der Waals surface area contributed by atoms with Crippen molar-refractivity contribution in [3.8, 4) is 11.3 Å². The number of halogens is 2. The third-order valence-corrected chi connectivity index (χ3v) is 4.98. The van der Waals surface area contributed by atoms with Gasteiger partial charge in [0.25, 0.3) is 0 Å². The predicted octanol–water partition coefficient (Wildman–Crippen LogP) is 5.13. The maximum atomic E-state index is 6.35. The monoisotopic (exact) mass is 353 g/mol. The van der Waals surface area contributed by atoms with Crippen molar-refractivity contribution in [3.63, 3.8) is 0 Å². The molecule has 0 saturated heterocycles. The second kappa shape index (κ2) is 5.53. The molecule has 116 valence electrons. The molecule has 0 radical (unpaired) electrons. The van der Waals surface area contributed by atoms with Crippen LogP contribution in [0, 0.1) is 0 Å². The molecule has 0 amide bonds. The van der Waals surface area contributed by atoms with Gasteiger partial charge in [-0.2, -0.15) is 0 Å². The summed E-state index contributed by atoms with van der Waals surface area (Å²) >= 11 is 14.0. The number of nitrogens with zero attached hydrogens (tertiary/aromatic N) is 2. The van der Waals surface area contributed by atoms with E-state index in [4.69, 9.17) is 33.9 Å². The Kier molecular flexibility index (Phi) is 3.98. The molecule has 3 nitrogen and oxygen atoms in total. The molecule has 2 N–H and O–H groups in total. The topological polar surface area (TPSA) is 43.3 Å². The molecular formula is C16H17Cl2N3S. The van der Waals surface area contributed by atoms with Crippen LogP contribution in [0.5, 0.6) is 0 Å². The van der Waals surface area contributed by atoms with Crippen LogP contribution < -0.4 is 5.73 Å². The summed E-state index contributed by atoms with van der Waals surface area (Å²) in [6.07, 6.45) is 0. The highest BCUT2D eigenvalue weighted by molar-refractivity contribution is 7.15. The molecule has 0 atom stereocenters. The summed E-state index contributed by atoms with van der Waals surface area (Å²) in [4.78, 5) is 5.69. The molecule has 0 unspecified atom stereocenters. The van der Waals surface area contributed by atoms with E-state index in [1.54, 1.807) is 17.4 Å². The molecule has 22 heavy (non-hydrogen) atoms. The molecule has 0 saturated carbocycles. The van der Waals surface area contributed by atoms with Gasteiger partial charge in [0.2, 0.25) is 0 Å². The third-order valence-electron chi connectivity index (χ3n) is 3.61. The molecule has 0 spiro atoms. The zero-order valence-corrected chi connectivity index (χ0v) is 15.0. The number of imidazole rings is 1. The summed E-state index contributed by atoms with van der Waals surface area (Å²) in [5.74, 6) is 0. The second-order valence-electron chi connectivity index (χ2n) is 6.22. The summed E-state index contributed by atoms with van der Waals surface area (Å²) in [6, 6.07) is 5.45. The van der Waals surface area contributed by atoms with Crippen molar-refractivity contribution in [2.75, 3.05) is 0 Å². The lowest BCUT2D eigenvalue weighted by Crippen LogP contribution is -2.16. The highest BCUT2D eigenvalue weighted by Gasteiger charge is 2.24. The Labute approximate surface area is 143 Å². The Morgan fingerprint density at radius 1 is 1.27 bits per heavy atom. The number of fused-ring (bicyclic) bond motifs is 1. The van der Waals surface area contributed by atoms with Gasteiger partial charge in [-0.05, 0) is 18.2 Å². The largest absolute Gasteiger partial charge is 0.325 e. The second-order valence-corrected chi connectivity index (χ2v) is 7.90. The van der Waals surface area contributed by atoms with E-state index in [0.717, 1.165) is 21.9 Å². The van der Waals surface area contributed by atoms with Crippen LogP contribution in [-0.4, -0.2) is 9.38 Å². The normalized spacial score (nSPS) is 12.3. The zero-order chi connectivity index (χ0) is 16.1. The lowest BCUT2D eigenvalue weighted by Gasteiger charge is -2.18. The number of nitrogens with two attached hydrogens (primary N) is 1. The van der Waals surface area contributed by atoms with Crippen LogP contribution in [-0.2, 0) is 12.0 Å². The maximum absolute atomic E-state index is 6.35. The lowest BCUT2D eigenvalue weighted by molar-refractivity contribution is 0.561. The van der Waals surface area contributed by atoms with Gasteiger partial charge in [0.05, 0.1) is 16.4 Å². The third kappa shape index (κ3) is 2.54. The van der Waals surface area contributed by atoms with E-state index in [1.165, 1.54) is 5.69 Å². The van der Waals surface area contributed by atoms with Gasteiger partial charge >= 0.3 is 0 Å². The fraction of sp³-hybridized carbons (Fsp3) is 0.312. The van der Waals surface area contributed by atoms with Crippen molar-refractivity contribution in [2.45, 2.75) is 32.7 Å². The van der Waals surface area contributed by atoms with Crippen molar-refractivity contribution in [2.24, 2.45) is 5.73 Å². The SMILES string of the molecule is CC(C)(C)c1csc2nc(-c3ccc(Cl)cc3Cl)c(CN)n12. The van der Waals surface area contributed by atoms with Gasteiger partial charge in [-0.3, -0.25) is 4.40 Å². The number of thiazole rings is 1. The van der Waals surface area contributed by atoms with Crippen molar-refractivity contribution in [1.29, 1.82) is 0 Å². The van der Waals surface area contributed by atoms with E-state index in [-0.39, 0.29) is 5.41 Å². The Morgan fingerprint density at radius 3 is 2.59 bits per heavy atom. The van der Waals surface area contributed by atoms with Gasteiger partial charge in [0.1, 0.15) is 0 Å². The molecule has 0 bridgehead atoms. The van der Waals surface area contributed by atoms with Crippen LogP contribution in [0.3, 0.4) is 0 Å². The Hall–Kier alpha value is -1.07. The fourth-order valence-corrected chi connectivity index (χ4v) is 4.15. The molecule has 0 aliphatic heterocycles. The highest BCUT2D eigenvalue weighted by Crippen LogP contribution is 2.36. The maximum Gasteiger partial charge on any atom is 0.194 e. The number of rotatable bonds is 2. The minimum Gasteiger partial charge on any atom is -0.325 e. The number of benzene rings is 1. The van der Waals surface area contributed by atoms with Crippen molar-refractivity contribution in [3.05, 3.63) is 45.0 Å². The van der Waals surface area contributed by atoms with Crippen LogP contribution >= 0.6 is 34.5 Å². The predicted molar refractivity (Wildman–Crippen MR) is 95.1 cm³/mol. The zero-order valence-electron chi connectivity index (χ0n) is 12.7. The average molecular weight is 354 g/mol. The smallest absolute Gasteiger partial charge is 0.194 e. The quantitative estimate of drug-likeness (QED) is 0.694. The molecule has 1 aromatic carbocycles. The molecule has 3 rings (SSSR count). The van der Waals surface area contributed by atoms with Crippen molar-refractivity contribution in [1.82, 2.24) is 9.38 Å². The van der Waals surface area contributed by atoms with Crippen LogP contribution in [0.1, 0.15) is 32.2 Å². The Balaban J connectivity index is 2.30. The van der Waals surface area contributed by atoms with E-state index >= 15 is 0 Å². The number of hydrogen-bond acceptors (Lipinski definition) is 3. The van der Waals surface area contributed by atoms with Crippen LogP contribution in [0.15, 0.2) is 23.6 Å². The first-order chi connectivity index (χ1) is 10.3. The first-order valence-corrected chi connectivity index (χ1v) is 8.61. The first-order valence-electron chi connectivity index (χ1n) is 6.97. The summed E-state index contributed by atoms with van der Waals surface area (Å²) < 4.78 is 2.16. The first kappa shape index (κ1) is 15.8. The van der Waals surface area contributed by atoms with Gasteiger partial charge in [0, 0.05) is 33.6 Å². The molecular weight excluding hydrogens is 337 g/mol. The van der Waals surface area contributed by atoms with E-state index < -0.39 is 0 Å². The van der Waals surface area contributed by atoms with E-state index in [0.29, 0.717) is 16.6 Å². The van der Waals surface area contributed by atoms with Crippen LogP contribution in [0.4, 0.5) is 0 Å². The molecule has 0 fully saturated rings. The minimum atomic E-state index is 0.0178. The molecule has 2 heterocycles. The average Bonchev–Trinajstić information content (AvgIpc) is 2.95. The molecule has 0 aliphatic carbocycles. The van der Waals surface area contributed by atoms with E-state index in [2.05, 4.69) is 30.6 Å². The van der Waals surface area contributed by atoms with Gasteiger partial charge < -0.3 is 5.73 Å². The summed E-state index contributed by atoms with van der Waals surface area (Å²) in [6.45, 7) is 6.95. The van der Waals surface area contributed by atoms with Crippen LogP contribution in [0.2, 0.25) is 10.0 Å². The minimum absolute atomic E-state index is 0.0178. The summed E-state index contributed by atoms with van der Waals surface area (Å²) in [7, 11) is 0. The van der Waals surface area contributed by atoms with E-state index in [9.17, 15) is 0 Å². The fourth-order valence-electron chi connectivity index (χ4n) is 2.52. The van der Waals surface area contributed by atoms with Gasteiger partial charge in [-0.1, -0.05) is 44.0 Å². The van der Waals surface area contributed by atoms with Crippen LogP contribution in [0.25, 0.3) is 16.2 Å². The molecule has 0 aliphatic rings. The van der Waals surface area contributed by atoms with Gasteiger partial charge in [-0.15, -0.1) is 11.3 Å². The van der Waals surface area contributed by atoms with Crippen molar-refractivity contribution < 1.29 is 0 Å². The van der Waals surface area contributed by atoms with E-state index in [1.807, 2.05) is 12.1 Å². The van der Waals surface area contributed by atoms with Gasteiger partial charge in [-0.25, -0.2) is 4.98 Å². The standard InChI is InChI=1S/C16H17Cl2N3S/c1-16(2,3)13-8-22-15-20-14(12(7-19)21(13)15)10-5-4-9(17)6-11(10)18/h4-6,8H,7,19H2,1-3H3. The molecule has 3 aromatic rings. The summed E-state index contributed by atoms with van der Waals surface area (Å²) in [5, 5.41) is 3.35. The lowest BCUT2D eigenvalue weighted by atomic mass is 9.93. The number of hydrogen-bond donors (Lipinski definition) is 1. The summed E-state index contributed by atoms with van der Waals surface area (Å²) in [5.41, 5.74) is 9.92. The Bertz CT molecular complexity index is 843. The number of aromatic nitrogens is 2. The Morgan fingerprint density at radius 2 is 2.00 bits per heavy atom. The molecule has 2 aromatic heterocycles. The van der Waals surface area contributed by atoms with Gasteiger partial charge in [0.15, 0.2) is 4.96 Å². The molecule has 6 heteroatoms. The van der Waals surface area contributed by atoms with Crippen molar-refractivity contribution >= 4 is 39.5 Å². The highest BCUT2D eigenvalue weighted by atomic mass is 35.5.